The predicted molar refractivity (Wildman–Crippen MR) is 109 cm³/mol. The summed E-state index contributed by atoms with van der Waals surface area (Å²) in [6.45, 7) is 2.36. The second-order valence-corrected chi connectivity index (χ2v) is 7.84. The number of hydrogen-bond donors (Lipinski definition) is 0. The van der Waals surface area contributed by atoms with E-state index in [1.165, 1.54) is 23.4 Å². The molecule has 0 bridgehead atoms. The Balaban J connectivity index is 1.66. The molecule has 1 fully saturated rings. The monoisotopic (exact) mass is 393 g/mol. The number of thioether (sulfide) groups is 1. The predicted octanol–water partition coefficient (Wildman–Crippen LogP) is 4.61. The molecule has 6 heteroatoms. The van der Waals surface area contributed by atoms with Gasteiger partial charge in [-0.1, -0.05) is 55.1 Å². The molecule has 0 aliphatic carbocycles. The molecule has 1 amide bonds. The molecule has 1 atom stereocenters. The van der Waals surface area contributed by atoms with E-state index >= 15 is 0 Å². The van der Waals surface area contributed by atoms with Crippen molar-refractivity contribution in [3.63, 3.8) is 0 Å². The number of anilines is 1. The lowest BCUT2D eigenvalue weighted by Crippen LogP contribution is -2.47. The van der Waals surface area contributed by atoms with Crippen LogP contribution in [-0.4, -0.2) is 23.4 Å². The van der Waals surface area contributed by atoms with Gasteiger partial charge in [-0.25, -0.2) is 4.39 Å². The van der Waals surface area contributed by atoms with Crippen molar-refractivity contribution >= 4 is 23.4 Å². The van der Waals surface area contributed by atoms with Crippen LogP contribution in [0.25, 0.3) is 0 Å². The maximum absolute atomic E-state index is 14.2. The normalized spacial score (nSPS) is 19.5. The van der Waals surface area contributed by atoms with Crippen LogP contribution in [-0.2, 0) is 11.2 Å². The Labute approximate surface area is 168 Å². The zero-order valence-corrected chi connectivity index (χ0v) is 16.4. The van der Waals surface area contributed by atoms with Crippen LogP contribution < -0.4 is 4.90 Å². The van der Waals surface area contributed by atoms with Gasteiger partial charge in [0.25, 0.3) is 0 Å². The summed E-state index contributed by atoms with van der Waals surface area (Å²) in [5.41, 5.74) is 3.32. The minimum absolute atomic E-state index is 0.0351. The zero-order chi connectivity index (χ0) is 19.7. The average molecular weight is 393 g/mol. The first-order chi connectivity index (χ1) is 13.6. The Morgan fingerprint density at radius 1 is 1.21 bits per heavy atom. The summed E-state index contributed by atoms with van der Waals surface area (Å²) in [5, 5.41) is 10.5. The van der Waals surface area contributed by atoms with Crippen molar-refractivity contribution in [3.05, 3.63) is 76.1 Å². The van der Waals surface area contributed by atoms with E-state index in [9.17, 15) is 14.4 Å². The fourth-order valence-electron chi connectivity index (χ4n) is 3.69. The lowest BCUT2D eigenvalue weighted by Gasteiger charge is -2.42. The molecule has 0 saturated carbocycles. The van der Waals surface area contributed by atoms with Gasteiger partial charge in [0, 0.05) is 12.3 Å². The first kappa shape index (κ1) is 18.6. The molecule has 2 aromatic rings. The van der Waals surface area contributed by atoms with Crippen molar-refractivity contribution in [2.24, 2.45) is 0 Å². The van der Waals surface area contributed by atoms with E-state index in [-0.39, 0.29) is 30.7 Å². The van der Waals surface area contributed by atoms with Gasteiger partial charge in [0.2, 0.25) is 5.91 Å². The zero-order valence-electron chi connectivity index (χ0n) is 15.6. The van der Waals surface area contributed by atoms with Crippen molar-refractivity contribution in [1.29, 1.82) is 5.26 Å². The fraction of sp³-hybridized carbons (Fsp3) is 0.273. The number of aryl methyl sites for hydroxylation is 1. The van der Waals surface area contributed by atoms with Crippen molar-refractivity contribution in [2.45, 2.75) is 25.7 Å². The molecule has 2 aliphatic heterocycles. The quantitative estimate of drug-likeness (QED) is 0.764. The molecule has 0 spiro atoms. The van der Waals surface area contributed by atoms with Crippen LogP contribution in [0.15, 0.2) is 59.1 Å². The molecule has 2 heterocycles. The summed E-state index contributed by atoms with van der Waals surface area (Å²) in [4.78, 5) is 16.4. The number of amides is 1. The first-order valence-electron chi connectivity index (χ1n) is 9.28. The van der Waals surface area contributed by atoms with Crippen LogP contribution in [0.2, 0.25) is 0 Å². The van der Waals surface area contributed by atoms with Gasteiger partial charge in [-0.05, 0) is 29.7 Å². The number of para-hydroxylation sites is 1. The molecule has 4 rings (SSSR count). The minimum atomic E-state index is -0.311. The molecule has 28 heavy (non-hydrogen) atoms. The highest BCUT2D eigenvalue weighted by Crippen LogP contribution is 2.43. The van der Waals surface area contributed by atoms with Crippen LogP contribution in [0.4, 0.5) is 10.1 Å². The highest BCUT2D eigenvalue weighted by atomic mass is 32.2. The van der Waals surface area contributed by atoms with E-state index in [1.54, 1.807) is 23.1 Å². The van der Waals surface area contributed by atoms with Crippen molar-refractivity contribution < 1.29 is 9.18 Å². The fourth-order valence-corrected chi connectivity index (χ4v) is 4.85. The lowest BCUT2D eigenvalue weighted by molar-refractivity contribution is -0.129. The van der Waals surface area contributed by atoms with E-state index < -0.39 is 0 Å². The lowest BCUT2D eigenvalue weighted by atomic mass is 9.86. The standard InChI is InChI=1S/C22H20FN3OS/c1-2-15-7-9-16(10-8-15)17-11-21(27)26-13-25(14-28-22(26)18(17)12-24)20-6-4-3-5-19(20)23/h3-10,17H,2,11,13-14H2,1H3. The SMILES string of the molecule is CCc1ccc(C2CC(=O)N3CN(c4ccccc4F)CSC3=C2C#N)cc1. The van der Waals surface area contributed by atoms with Crippen LogP contribution in [0.3, 0.4) is 0 Å². The first-order valence-corrected chi connectivity index (χ1v) is 10.3. The van der Waals surface area contributed by atoms with E-state index in [0.29, 0.717) is 22.2 Å². The number of nitrogens with zero attached hydrogens (tertiary/aromatic N) is 3. The van der Waals surface area contributed by atoms with E-state index in [4.69, 9.17) is 0 Å². The van der Waals surface area contributed by atoms with Crippen molar-refractivity contribution in [1.82, 2.24) is 4.90 Å². The number of allylic oxidation sites excluding steroid dienone is 1. The molecule has 2 aliphatic rings. The summed E-state index contributed by atoms with van der Waals surface area (Å²) in [5.74, 6) is -0.0733. The smallest absolute Gasteiger partial charge is 0.229 e. The van der Waals surface area contributed by atoms with Gasteiger partial charge in [-0.2, -0.15) is 5.26 Å². The second kappa shape index (κ2) is 7.69. The number of halogens is 1. The molecule has 2 aromatic carbocycles. The van der Waals surface area contributed by atoms with Gasteiger partial charge < -0.3 is 4.90 Å². The Bertz CT molecular complexity index is 980. The summed E-state index contributed by atoms with van der Waals surface area (Å²) >= 11 is 1.42. The van der Waals surface area contributed by atoms with Crippen LogP contribution >= 0.6 is 11.8 Å². The number of carbonyl (C=O) groups excluding carboxylic acids is 1. The van der Waals surface area contributed by atoms with E-state index in [2.05, 4.69) is 25.1 Å². The van der Waals surface area contributed by atoms with Gasteiger partial charge >= 0.3 is 0 Å². The maximum Gasteiger partial charge on any atom is 0.229 e. The molecule has 1 saturated heterocycles. The Hall–Kier alpha value is -2.78. The number of benzene rings is 2. The number of rotatable bonds is 3. The third-order valence-electron chi connectivity index (χ3n) is 5.28. The number of nitriles is 1. The summed E-state index contributed by atoms with van der Waals surface area (Å²) in [6.07, 6.45) is 1.20. The van der Waals surface area contributed by atoms with Crippen molar-refractivity contribution in [3.8, 4) is 6.07 Å². The molecule has 142 valence electrons. The third kappa shape index (κ3) is 3.27. The molecular formula is C22H20FN3OS. The van der Waals surface area contributed by atoms with Crippen LogP contribution in [0.5, 0.6) is 0 Å². The van der Waals surface area contributed by atoms with E-state index in [0.717, 1.165) is 12.0 Å². The summed E-state index contributed by atoms with van der Waals surface area (Å²) in [7, 11) is 0. The Morgan fingerprint density at radius 3 is 2.64 bits per heavy atom. The molecule has 4 nitrogen and oxygen atoms in total. The van der Waals surface area contributed by atoms with Gasteiger partial charge in [0.05, 0.1) is 34.9 Å². The van der Waals surface area contributed by atoms with E-state index in [1.807, 2.05) is 17.0 Å². The van der Waals surface area contributed by atoms with Crippen molar-refractivity contribution in [2.75, 3.05) is 17.4 Å². The third-order valence-corrected chi connectivity index (χ3v) is 6.43. The Kier molecular flexibility index (Phi) is 5.10. The number of fused-ring (bicyclic) bond motifs is 1. The van der Waals surface area contributed by atoms with Crippen LogP contribution in [0.1, 0.15) is 30.4 Å². The second-order valence-electron chi connectivity index (χ2n) is 6.91. The Morgan fingerprint density at radius 2 is 1.96 bits per heavy atom. The number of hydrogen-bond acceptors (Lipinski definition) is 4. The highest BCUT2D eigenvalue weighted by Gasteiger charge is 2.38. The molecule has 0 N–H and O–H groups in total. The molecule has 1 unspecified atom stereocenters. The largest absolute Gasteiger partial charge is 0.341 e. The van der Waals surface area contributed by atoms with Crippen LogP contribution in [0, 0.1) is 17.1 Å². The molecule has 0 radical (unpaired) electrons. The average Bonchev–Trinajstić information content (AvgIpc) is 2.74. The summed E-state index contributed by atoms with van der Waals surface area (Å²) < 4.78 is 14.2. The summed E-state index contributed by atoms with van der Waals surface area (Å²) in [6, 6.07) is 17.0. The maximum atomic E-state index is 14.2. The molecular weight excluding hydrogens is 373 g/mol. The minimum Gasteiger partial charge on any atom is -0.341 e. The molecule has 0 aromatic heterocycles. The van der Waals surface area contributed by atoms with Gasteiger partial charge in [0.15, 0.2) is 0 Å². The van der Waals surface area contributed by atoms with Gasteiger partial charge in [-0.15, -0.1) is 0 Å². The topological polar surface area (TPSA) is 47.3 Å². The van der Waals surface area contributed by atoms with Gasteiger partial charge in [-0.3, -0.25) is 9.69 Å². The highest BCUT2D eigenvalue weighted by molar-refractivity contribution is 8.03. The van der Waals surface area contributed by atoms with Gasteiger partial charge in [0.1, 0.15) is 5.82 Å². The number of carbonyl (C=O) groups is 1.